The van der Waals surface area contributed by atoms with E-state index < -0.39 is 0 Å². The predicted molar refractivity (Wildman–Crippen MR) is 55.4 cm³/mol. The van der Waals surface area contributed by atoms with Gasteiger partial charge in [0.2, 0.25) is 0 Å². The van der Waals surface area contributed by atoms with Crippen molar-refractivity contribution in [3.8, 4) is 0 Å². The first-order valence-corrected chi connectivity index (χ1v) is 4.37. The van der Waals surface area contributed by atoms with E-state index in [1.165, 1.54) is 5.52 Å². The zero-order chi connectivity index (χ0) is 9.26. The van der Waals surface area contributed by atoms with Crippen molar-refractivity contribution < 1.29 is 0 Å². The van der Waals surface area contributed by atoms with Gasteiger partial charge >= 0.3 is 0 Å². The first kappa shape index (κ1) is 8.05. The van der Waals surface area contributed by atoms with Gasteiger partial charge < -0.3 is 4.57 Å². The van der Waals surface area contributed by atoms with Crippen LogP contribution >= 0.6 is 0 Å². The second kappa shape index (κ2) is 3.05. The molecule has 0 amide bonds. The molecule has 0 atom stereocenters. The summed E-state index contributed by atoms with van der Waals surface area (Å²) in [5.74, 6) is 1.00. The van der Waals surface area contributed by atoms with Crippen LogP contribution in [0.3, 0.4) is 0 Å². The third-order valence-corrected chi connectivity index (χ3v) is 2.14. The number of aromatic nitrogens is 2. The fourth-order valence-corrected chi connectivity index (χ4v) is 1.46. The first-order valence-electron chi connectivity index (χ1n) is 4.37. The fraction of sp³-hybridized carbons (Fsp3) is 0.182. The van der Waals surface area contributed by atoms with Gasteiger partial charge in [-0.2, -0.15) is 0 Å². The van der Waals surface area contributed by atoms with Gasteiger partial charge in [0.1, 0.15) is 5.82 Å². The molecule has 0 saturated heterocycles. The minimum absolute atomic E-state index is 1.00. The molecule has 0 radical (unpaired) electrons. The van der Waals surface area contributed by atoms with Gasteiger partial charge in [-0.05, 0) is 25.1 Å². The van der Waals surface area contributed by atoms with E-state index >= 15 is 0 Å². The van der Waals surface area contributed by atoms with Crippen LogP contribution < -0.4 is 0 Å². The maximum absolute atomic E-state index is 4.48. The number of benzene rings is 1. The van der Waals surface area contributed by atoms with E-state index in [1.807, 2.05) is 44.3 Å². The number of aryl methyl sites for hydroxylation is 1. The molecule has 13 heavy (non-hydrogen) atoms. The van der Waals surface area contributed by atoms with E-state index in [4.69, 9.17) is 0 Å². The maximum Gasteiger partial charge on any atom is 0.133 e. The molecule has 2 nitrogen and oxygen atoms in total. The maximum atomic E-state index is 4.48. The van der Waals surface area contributed by atoms with Crippen LogP contribution in [-0.4, -0.2) is 9.55 Å². The zero-order valence-corrected chi connectivity index (χ0v) is 7.86. The van der Waals surface area contributed by atoms with E-state index in [0.717, 1.165) is 11.3 Å². The molecular formula is C11H12N2. The molecule has 2 heteroatoms. The molecule has 0 fully saturated rings. The van der Waals surface area contributed by atoms with E-state index in [0.29, 0.717) is 0 Å². The van der Waals surface area contributed by atoms with Crippen molar-refractivity contribution in [3.63, 3.8) is 0 Å². The van der Waals surface area contributed by atoms with E-state index in [-0.39, 0.29) is 0 Å². The highest BCUT2D eigenvalue weighted by atomic mass is 15.0. The second-order valence-electron chi connectivity index (χ2n) is 3.02. The Labute approximate surface area is 77.5 Å². The Morgan fingerprint density at radius 3 is 2.77 bits per heavy atom. The summed E-state index contributed by atoms with van der Waals surface area (Å²) in [5.41, 5.74) is 2.23. The Balaban J connectivity index is 2.73. The van der Waals surface area contributed by atoms with Gasteiger partial charge in [-0.15, -0.1) is 0 Å². The van der Waals surface area contributed by atoms with Crippen molar-refractivity contribution >= 4 is 17.1 Å². The highest BCUT2D eigenvalue weighted by molar-refractivity contribution is 5.77. The van der Waals surface area contributed by atoms with Crippen LogP contribution in [0.2, 0.25) is 0 Å². The van der Waals surface area contributed by atoms with Gasteiger partial charge in [-0.3, -0.25) is 0 Å². The van der Waals surface area contributed by atoms with Crippen LogP contribution in [0, 0.1) is 0 Å². The lowest BCUT2D eigenvalue weighted by atomic mass is 10.3. The number of para-hydroxylation sites is 2. The highest BCUT2D eigenvalue weighted by Crippen LogP contribution is 2.14. The standard InChI is InChI=1S/C11H12N2/c1-3-6-11-12-9-7-4-5-8-10(9)13(11)2/h3-8H,1-2H3. The average molecular weight is 172 g/mol. The molecule has 0 aliphatic rings. The number of rotatable bonds is 1. The van der Waals surface area contributed by atoms with Gasteiger partial charge in [0, 0.05) is 7.05 Å². The Kier molecular flexibility index (Phi) is 1.89. The fourth-order valence-electron chi connectivity index (χ4n) is 1.46. The lowest BCUT2D eigenvalue weighted by Gasteiger charge is -1.95. The monoisotopic (exact) mass is 172 g/mol. The summed E-state index contributed by atoms with van der Waals surface area (Å²) in [4.78, 5) is 4.48. The summed E-state index contributed by atoms with van der Waals surface area (Å²) in [7, 11) is 2.03. The van der Waals surface area contributed by atoms with Gasteiger partial charge in [0.15, 0.2) is 0 Å². The van der Waals surface area contributed by atoms with Crippen LogP contribution in [0.4, 0.5) is 0 Å². The van der Waals surface area contributed by atoms with Crippen molar-refractivity contribution in [2.45, 2.75) is 6.92 Å². The van der Waals surface area contributed by atoms with E-state index in [2.05, 4.69) is 15.6 Å². The van der Waals surface area contributed by atoms with E-state index in [9.17, 15) is 0 Å². The third kappa shape index (κ3) is 1.24. The van der Waals surface area contributed by atoms with Gasteiger partial charge in [0.25, 0.3) is 0 Å². The van der Waals surface area contributed by atoms with Crippen LogP contribution in [-0.2, 0) is 7.05 Å². The molecule has 1 aromatic carbocycles. The quantitative estimate of drug-likeness (QED) is 0.646. The topological polar surface area (TPSA) is 17.8 Å². The second-order valence-corrected chi connectivity index (χ2v) is 3.02. The van der Waals surface area contributed by atoms with Gasteiger partial charge in [-0.25, -0.2) is 4.98 Å². The van der Waals surface area contributed by atoms with Crippen molar-refractivity contribution in [1.29, 1.82) is 0 Å². The summed E-state index contributed by atoms with van der Waals surface area (Å²) in [6.45, 7) is 2.00. The smallest absolute Gasteiger partial charge is 0.133 e. The lowest BCUT2D eigenvalue weighted by molar-refractivity contribution is 0.929. The molecule has 0 bridgehead atoms. The van der Waals surface area contributed by atoms with Crippen LogP contribution in [0.1, 0.15) is 12.7 Å². The summed E-state index contributed by atoms with van der Waals surface area (Å²) >= 11 is 0. The molecule has 0 saturated carbocycles. The average Bonchev–Trinajstić information content (AvgIpc) is 2.46. The minimum Gasteiger partial charge on any atom is -0.328 e. The molecule has 2 aromatic rings. The Morgan fingerprint density at radius 1 is 1.31 bits per heavy atom. The molecule has 0 aliphatic carbocycles. The molecule has 0 aliphatic heterocycles. The Morgan fingerprint density at radius 2 is 2.08 bits per heavy atom. The minimum atomic E-state index is 1.00. The number of allylic oxidation sites excluding steroid dienone is 1. The number of hydrogen-bond donors (Lipinski definition) is 0. The number of fused-ring (bicyclic) bond motifs is 1. The third-order valence-electron chi connectivity index (χ3n) is 2.14. The van der Waals surface area contributed by atoms with Gasteiger partial charge in [0.05, 0.1) is 11.0 Å². The van der Waals surface area contributed by atoms with Crippen molar-refractivity contribution in [3.05, 3.63) is 36.2 Å². The summed E-state index contributed by atoms with van der Waals surface area (Å²) < 4.78 is 2.09. The summed E-state index contributed by atoms with van der Waals surface area (Å²) in [5, 5.41) is 0. The molecule has 2 rings (SSSR count). The summed E-state index contributed by atoms with van der Waals surface area (Å²) in [6, 6.07) is 8.15. The van der Waals surface area contributed by atoms with Crippen LogP contribution in [0.25, 0.3) is 17.1 Å². The molecule has 1 heterocycles. The molecular weight excluding hydrogens is 160 g/mol. The van der Waals surface area contributed by atoms with Crippen molar-refractivity contribution in [2.24, 2.45) is 7.05 Å². The number of nitrogens with zero attached hydrogens (tertiary/aromatic N) is 2. The normalized spacial score (nSPS) is 11.5. The molecule has 0 N–H and O–H groups in total. The van der Waals surface area contributed by atoms with Gasteiger partial charge in [-0.1, -0.05) is 18.2 Å². The number of hydrogen-bond acceptors (Lipinski definition) is 1. The number of imidazole rings is 1. The SMILES string of the molecule is CC=Cc1nc2ccccc2n1C. The molecule has 66 valence electrons. The lowest BCUT2D eigenvalue weighted by Crippen LogP contribution is -1.90. The van der Waals surface area contributed by atoms with Crippen LogP contribution in [0.5, 0.6) is 0 Å². The molecule has 0 spiro atoms. The zero-order valence-electron chi connectivity index (χ0n) is 7.86. The molecule has 1 aromatic heterocycles. The largest absolute Gasteiger partial charge is 0.328 e. The Bertz CT molecular complexity index is 452. The van der Waals surface area contributed by atoms with Crippen molar-refractivity contribution in [2.75, 3.05) is 0 Å². The van der Waals surface area contributed by atoms with E-state index in [1.54, 1.807) is 0 Å². The summed E-state index contributed by atoms with van der Waals surface area (Å²) in [6.07, 6.45) is 4.02. The Hall–Kier alpha value is -1.57. The first-order chi connectivity index (χ1) is 6.33. The predicted octanol–water partition coefficient (Wildman–Crippen LogP) is 2.61. The van der Waals surface area contributed by atoms with Crippen LogP contribution in [0.15, 0.2) is 30.3 Å². The highest BCUT2D eigenvalue weighted by Gasteiger charge is 2.02. The van der Waals surface area contributed by atoms with Crippen molar-refractivity contribution in [1.82, 2.24) is 9.55 Å². The molecule has 0 unspecified atom stereocenters.